The molecule has 25 heavy (non-hydrogen) atoms. The van der Waals surface area contributed by atoms with Crippen molar-refractivity contribution in [2.24, 2.45) is 0 Å². The van der Waals surface area contributed by atoms with Crippen LogP contribution in [0.3, 0.4) is 0 Å². The molecule has 4 rings (SSSR count). The summed E-state index contributed by atoms with van der Waals surface area (Å²) in [5.74, 6) is 1.91. The van der Waals surface area contributed by atoms with E-state index >= 15 is 0 Å². The maximum absolute atomic E-state index is 12.3. The summed E-state index contributed by atoms with van der Waals surface area (Å²) in [5, 5.41) is 7.55. The molecule has 2 aliphatic rings. The predicted molar refractivity (Wildman–Crippen MR) is 93.0 cm³/mol. The number of carbonyl (C=O) groups excluding carboxylic acids is 1. The van der Waals surface area contributed by atoms with E-state index in [-0.39, 0.29) is 12.1 Å². The highest BCUT2D eigenvalue weighted by Crippen LogP contribution is 2.22. The number of nitrogens with one attached hydrogen (secondary N) is 1. The molecule has 1 atom stereocenters. The number of urea groups is 1. The fourth-order valence-corrected chi connectivity index (χ4v) is 3.76. The zero-order valence-corrected chi connectivity index (χ0v) is 14.6. The van der Waals surface area contributed by atoms with Crippen LogP contribution in [0, 0.1) is 6.92 Å². The maximum atomic E-state index is 12.3. The van der Waals surface area contributed by atoms with E-state index in [9.17, 15) is 4.79 Å². The second-order valence-corrected chi connectivity index (χ2v) is 6.98. The van der Waals surface area contributed by atoms with Crippen LogP contribution in [0.4, 0.5) is 4.79 Å². The van der Waals surface area contributed by atoms with Crippen molar-refractivity contribution in [3.8, 4) is 0 Å². The summed E-state index contributed by atoms with van der Waals surface area (Å²) < 4.78 is 7.77. The molecule has 0 radical (unpaired) electrons. The Morgan fingerprint density at radius 2 is 2.16 bits per heavy atom. The Hall–Kier alpha value is -2.28. The second-order valence-electron chi connectivity index (χ2n) is 6.98. The molecule has 1 unspecified atom stereocenters. The van der Waals surface area contributed by atoms with Crippen LogP contribution in [0.15, 0.2) is 28.8 Å². The average Bonchev–Trinajstić information content (AvgIpc) is 3.33. The Balaban J connectivity index is 1.40. The number of fused-ring (bicyclic) bond motifs is 1. The van der Waals surface area contributed by atoms with Crippen LogP contribution in [-0.2, 0) is 13.1 Å². The smallest absolute Gasteiger partial charge is 0.317 e. The van der Waals surface area contributed by atoms with Crippen LogP contribution in [0.1, 0.15) is 36.1 Å². The lowest BCUT2D eigenvalue weighted by Gasteiger charge is -2.33. The van der Waals surface area contributed by atoms with Gasteiger partial charge in [0.25, 0.3) is 0 Å². The number of amides is 2. The van der Waals surface area contributed by atoms with E-state index in [1.165, 1.54) is 5.69 Å². The van der Waals surface area contributed by atoms with Crippen LogP contribution in [0.2, 0.25) is 0 Å². The summed E-state index contributed by atoms with van der Waals surface area (Å²) in [6.45, 7) is 6.75. The summed E-state index contributed by atoms with van der Waals surface area (Å²) in [6.07, 6.45) is 4.05. The molecule has 4 heterocycles. The Kier molecular flexibility index (Phi) is 4.48. The minimum absolute atomic E-state index is 0.0463. The van der Waals surface area contributed by atoms with Gasteiger partial charge in [0.05, 0.1) is 18.3 Å². The number of carbonyl (C=O) groups is 1. The van der Waals surface area contributed by atoms with Crippen LogP contribution in [0.25, 0.3) is 0 Å². The lowest BCUT2D eigenvalue weighted by Crippen LogP contribution is -2.45. The Labute approximate surface area is 147 Å². The first-order valence-electron chi connectivity index (χ1n) is 9.02. The molecule has 0 saturated carbocycles. The van der Waals surface area contributed by atoms with E-state index in [2.05, 4.69) is 21.4 Å². The standard InChI is InChI=1S/C18H25N5O2/c1-14-4-5-17(25-14)13-21-11-15-6-7-20-23(15)16(12-21)10-19-18(24)22-8-2-3-9-22/h4-7,16H,2-3,8-13H2,1H3,(H,19,24). The highest BCUT2D eigenvalue weighted by Gasteiger charge is 2.27. The number of likely N-dealkylation sites (tertiary alicyclic amines) is 1. The van der Waals surface area contributed by atoms with Gasteiger partial charge in [-0.05, 0) is 38.0 Å². The molecule has 0 aliphatic carbocycles. The van der Waals surface area contributed by atoms with Crippen molar-refractivity contribution in [3.05, 3.63) is 41.6 Å². The lowest BCUT2D eigenvalue weighted by molar-refractivity contribution is 0.151. The molecule has 0 bridgehead atoms. The van der Waals surface area contributed by atoms with Crippen molar-refractivity contribution in [3.63, 3.8) is 0 Å². The molecule has 2 aliphatic heterocycles. The average molecular weight is 343 g/mol. The third kappa shape index (κ3) is 3.56. The van der Waals surface area contributed by atoms with Gasteiger partial charge in [-0.3, -0.25) is 9.58 Å². The van der Waals surface area contributed by atoms with Crippen molar-refractivity contribution in [2.45, 2.75) is 38.9 Å². The first kappa shape index (κ1) is 16.2. The molecular weight excluding hydrogens is 318 g/mol. The van der Waals surface area contributed by atoms with Crippen LogP contribution < -0.4 is 5.32 Å². The molecule has 1 saturated heterocycles. The molecule has 1 fully saturated rings. The van der Waals surface area contributed by atoms with Crippen molar-refractivity contribution in [1.29, 1.82) is 0 Å². The largest absolute Gasteiger partial charge is 0.465 e. The van der Waals surface area contributed by atoms with Crippen LogP contribution in [-0.4, -0.2) is 51.8 Å². The molecule has 134 valence electrons. The highest BCUT2D eigenvalue weighted by atomic mass is 16.3. The van der Waals surface area contributed by atoms with Gasteiger partial charge in [0, 0.05) is 38.9 Å². The zero-order valence-electron chi connectivity index (χ0n) is 14.6. The van der Waals surface area contributed by atoms with E-state index < -0.39 is 0 Å². The Morgan fingerprint density at radius 3 is 2.92 bits per heavy atom. The maximum Gasteiger partial charge on any atom is 0.317 e. The Bertz CT molecular complexity index is 731. The number of hydrogen-bond acceptors (Lipinski definition) is 4. The van der Waals surface area contributed by atoms with Gasteiger partial charge >= 0.3 is 6.03 Å². The van der Waals surface area contributed by atoms with Crippen molar-refractivity contribution in [2.75, 3.05) is 26.2 Å². The van der Waals surface area contributed by atoms with Gasteiger partial charge in [0.15, 0.2) is 0 Å². The first-order valence-corrected chi connectivity index (χ1v) is 9.02. The van der Waals surface area contributed by atoms with E-state index in [1.807, 2.05) is 34.8 Å². The molecule has 0 aromatic carbocycles. The quantitative estimate of drug-likeness (QED) is 0.924. The van der Waals surface area contributed by atoms with Crippen LogP contribution >= 0.6 is 0 Å². The minimum atomic E-state index is 0.0463. The van der Waals surface area contributed by atoms with Gasteiger partial charge in [0.2, 0.25) is 0 Å². The number of rotatable bonds is 4. The number of aromatic nitrogens is 2. The molecule has 0 spiro atoms. The predicted octanol–water partition coefficient (Wildman–Crippen LogP) is 2.15. The van der Waals surface area contributed by atoms with E-state index in [0.717, 1.165) is 57.1 Å². The molecule has 7 nitrogen and oxygen atoms in total. The van der Waals surface area contributed by atoms with Crippen molar-refractivity contribution in [1.82, 2.24) is 24.9 Å². The number of nitrogens with zero attached hydrogens (tertiary/aromatic N) is 4. The lowest BCUT2D eigenvalue weighted by atomic mass is 10.2. The summed E-state index contributed by atoms with van der Waals surface area (Å²) >= 11 is 0. The van der Waals surface area contributed by atoms with Crippen molar-refractivity contribution >= 4 is 6.03 Å². The molecule has 2 amide bonds. The summed E-state index contributed by atoms with van der Waals surface area (Å²) in [6, 6.07) is 6.27. The van der Waals surface area contributed by atoms with Gasteiger partial charge in [-0.1, -0.05) is 0 Å². The normalized spacial score (nSPS) is 20.7. The summed E-state index contributed by atoms with van der Waals surface area (Å²) in [4.78, 5) is 16.5. The van der Waals surface area contributed by atoms with Crippen molar-refractivity contribution < 1.29 is 9.21 Å². The monoisotopic (exact) mass is 343 g/mol. The number of hydrogen-bond donors (Lipinski definition) is 1. The molecule has 2 aromatic rings. The third-order valence-corrected chi connectivity index (χ3v) is 5.01. The van der Waals surface area contributed by atoms with Gasteiger partial charge < -0.3 is 14.6 Å². The van der Waals surface area contributed by atoms with Crippen LogP contribution in [0.5, 0.6) is 0 Å². The van der Waals surface area contributed by atoms with Gasteiger partial charge in [0.1, 0.15) is 11.5 Å². The number of furan rings is 1. The van der Waals surface area contributed by atoms with Gasteiger partial charge in [-0.15, -0.1) is 0 Å². The topological polar surface area (TPSA) is 66.5 Å². The highest BCUT2D eigenvalue weighted by molar-refractivity contribution is 5.74. The molecular formula is C18H25N5O2. The molecule has 1 N–H and O–H groups in total. The van der Waals surface area contributed by atoms with Gasteiger partial charge in [-0.2, -0.15) is 5.10 Å². The van der Waals surface area contributed by atoms with Gasteiger partial charge in [-0.25, -0.2) is 4.79 Å². The fourth-order valence-electron chi connectivity index (χ4n) is 3.76. The summed E-state index contributed by atoms with van der Waals surface area (Å²) in [5.41, 5.74) is 1.18. The first-order chi connectivity index (χ1) is 12.2. The van der Waals surface area contributed by atoms with E-state index in [1.54, 1.807) is 0 Å². The molecule has 7 heteroatoms. The third-order valence-electron chi connectivity index (χ3n) is 5.01. The van der Waals surface area contributed by atoms with E-state index in [0.29, 0.717) is 6.54 Å². The fraction of sp³-hybridized carbons (Fsp3) is 0.556. The molecule has 2 aromatic heterocycles. The van der Waals surface area contributed by atoms with E-state index in [4.69, 9.17) is 4.42 Å². The summed E-state index contributed by atoms with van der Waals surface area (Å²) in [7, 11) is 0. The Morgan fingerprint density at radius 1 is 1.32 bits per heavy atom. The second kappa shape index (κ2) is 6.92. The SMILES string of the molecule is Cc1ccc(CN2Cc3ccnn3C(CNC(=O)N3CCCC3)C2)o1. The minimum Gasteiger partial charge on any atom is -0.465 e. The number of aryl methyl sites for hydroxylation is 1. The zero-order chi connectivity index (χ0) is 17.2.